The zero-order valence-corrected chi connectivity index (χ0v) is 23.5. The summed E-state index contributed by atoms with van der Waals surface area (Å²) in [5.41, 5.74) is 12.2. The lowest BCUT2D eigenvalue weighted by molar-refractivity contribution is -0.123. The van der Waals surface area contributed by atoms with Crippen LogP contribution in [0.1, 0.15) is 59.4 Å². The Morgan fingerprint density at radius 1 is 1.02 bits per heavy atom. The lowest BCUT2D eigenvalue weighted by Gasteiger charge is -2.20. The highest BCUT2D eigenvalue weighted by Gasteiger charge is 2.27. The van der Waals surface area contributed by atoms with Crippen LogP contribution in [0.3, 0.4) is 0 Å². The van der Waals surface area contributed by atoms with Crippen LogP contribution in [0.5, 0.6) is 11.5 Å². The fourth-order valence-corrected chi connectivity index (χ4v) is 5.34. The summed E-state index contributed by atoms with van der Waals surface area (Å²) in [6.07, 6.45) is 2.18. The Morgan fingerprint density at radius 3 is 2.51 bits per heavy atom. The van der Waals surface area contributed by atoms with E-state index in [1.54, 1.807) is 0 Å². The minimum atomic E-state index is -0.598. The molecule has 4 aromatic rings. The van der Waals surface area contributed by atoms with Gasteiger partial charge in [-0.25, -0.2) is 0 Å². The van der Waals surface area contributed by atoms with Gasteiger partial charge in [0.05, 0.1) is 30.0 Å². The molecule has 0 fully saturated rings. The number of benzene rings is 3. The summed E-state index contributed by atoms with van der Waals surface area (Å²) in [5.74, 6) is 0.473. The summed E-state index contributed by atoms with van der Waals surface area (Å²) >= 11 is 0. The first-order valence-corrected chi connectivity index (χ1v) is 13.9. The van der Waals surface area contributed by atoms with Gasteiger partial charge in [-0.3, -0.25) is 19.9 Å². The van der Waals surface area contributed by atoms with E-state index in [0.29, 0.717) is 60.8 Å². The number of carbonyl (C=O) groups excluding carboxylic acids is 2. The van der Waals surface area contributed by atoms with Gasteiger partial charge in [0, 0.05) is 36.4 Å². The molecule has 41 heavy (non-hydrogen) atoms. The summed E-state index contributed by atoms with van der Waals surface area (Å²) in [7, 11) is 0. The number of nitrogens with two attached hydrogens (primary N) is 1. The van der Waals surface area contributed by atoms with Crippen LogP contribution >= 0.6 is 0 Å². The maximum atomic E-state index is 13.1. The summed E-state index contributed by atoms with van der Waals surface area (Å²) in [5, 5.41) is 10.6. The van der Waals surface area contributed by atoms with Crippen molar-refractivity contribution in [2.45, 2.75) is 46.3 Å². The van der Waals surface area contributed by atoms with E-state index in [-0.39, 0.29) is 17.5 Å². The van der Waals surface area contributed by atoms with Gasteiger partial charge in [0.15, 0.2) is 11.5 Å². The number of rotatable bonds is 11. The van der Waals surface area contributed by atoms with Crippen LogP contribution in [0.15, 0.2) is 60.8 Å². The second kappa shape index (κ2) is 12.3. The number of nitrogens with one attached hydrogen (secondary N) is 3. The van der Waals surface area contributed by atoms with Gasteiger partial charge < -0.3 is 25.8 Å². The van der Waals surface area contributed by atoms with Crippen molar-refractivity contribution in [2.24, 2.45) is 5.73 Å². The molecule has 0 saturated carbocycles. The number of ether oxygens (including phenoxy) is 2. The minimum absolute atomic E-state index is 0.0694. The highest BCUT2D eigenvalue weighted by molar-refractivity contribution is 6.08. The van der Waals surface area contributed by atoms with Crippen LogP contribution in [0.2, 0.25) is 0 Å². The number of hydrogen-bond acceptors (Lipinski definition) is 7. The molecular formula is C32H35N5O4. The molecule has 212 valence electrons. The number of hydrogen-bond donors (Lipinski definition) is 4. The molecule has 2 heterocycles. The number of aromatic nitrogens is 1. The summed E-state index contributed by atoms with van der Waals surface area (Å²) in [6, 6.07) is 17.1. The summed E-state index contributed by atoms with van der Waals surface area (Å²) in [6.45, 7) is 7.83. The van der Waals surface area contributed by atoms with Crippen molar-refractivity contribution in [2.75, 3.05) is 18.5 Å². The average Bonchev–Trinajstić information content (AvgIpc) is 3.41. The van der Waals surface area contributed by atoms with Crippen molar-refractivity contribution in [1.82, 2.24) is 15.6 Å². The molecule has 0 bridgehead atoms. The van der Waals surface area contributed by atoms with Crippen LogP contribution in [0.4, 0.5) is 11.4 Å². The lowest BCUT2D eigenvalue weighted by Crippen LogP contribution is -2.34. The number of anilines is 2. The predicted molar refractivity (Wildman–Crippen MR) is 160 cm³/mol. The predicted octanol–water partition coefficient (Wildman–Crippen LogP) is 4.90. The SMILES string of the molecule is CCOc1cc2ncc(C(N)=O)c(Nc3cccc(CNC(=O)C4NCc5ccccc54)c3CC)c2cc1OCC. The largest absolute Gasteiger partial charge is 0.490 e. The highest BCUT2D eigenvalue weighted by Crippen LogP contribution is 2.38. The fraction of sp³-hybridized carbons (Fsp3) is 0.281. The Morgan fingerprint density at radius 2 is 1.78 bits per heavy atom. The van der Waals surface area contributed by atoms with Crippen molar-refractivity contribution < 1.29 is 19.1 Å². The van der Waals surface area contributed by atoms with Crippen LogP contribution in [-0.2, 0) is 24.3 Å². The first-order valence-electron chi connectivity index (χ1n) is 13.9. The molecule has 0 radical (unpaired) electrons. The molecule has 5 N–H and O–H groups in total. The first kappa shape index (κ1) is 27.9. The molecule has 0 spiro atoms. The van der Waals surface area contributed by atoms with Gasteiger partial charge >= 0.3 is 0 Å². The Kier molecular flexibility index (Phi) is 8.35. The summed E-state index contributed by atoms with van der Waals surface area (Å²) < 4.78 is 11.6. The van der Waals surface area contributed by atoms with Crippen molar-refractivity contribution in [3.05, 3.63) is 88.6 Å². The molecule has 1 aliphatic rings. The molecule has 9 nitrogen and oxygen atoms in total. The minimum Gasteiger partial charge on any atom is -0.490 e. The Hall–Kier alpha value is -4.63. The van der Waals surface area contributed by atoms with Crippen molar-refractivity contribution in [3.63, 3.8) is 0 Å². The van der Waals surface area contributed by atoms with E-state index in [0.717, 1.165) is 27.9 Å². The maximum absolute atomic E-state index is 13.1. The molecule has 1 aromatic heterocycles. The van der Waals surface area contributed by atoms with Crippen LogP contribution in [0, 0.1) is 0 Å². The second-order valence-electron chi connectivity index (χ2n) is 9.75. The normalized spacial score (nSPS) is 14.0. The Balaban J connectivity index is 1.47. The van der Waals surface area contributed by atoms with Crippen LogP contribution in [0.25, 0.3) is 10.9 Å². The van der Waals surface area contributed by atoms with Gasteiger partial charge in [-0.1, -0.05) is 43.3 Å². The quantitative estimate of drug-likeness (QED) is 0.208. The smallest absolute Gasteiger partial charge is 0.252 e. The maximum Gasteiger partial charge on any atom is 0.252 e. The molecular weight excluding hydrogens is 518 g/mol. The fourth-order valence-electron chi connectivity index (χ4n) is 5.34. The summed E-state index contributed by atoms with van der Waals surface area (Å²) in [4.78, 5) is 30.1. The second-order valence-corrected chi connectivity index (χ2v) is 9.75. The Labute approximate surface area is 239 Å². The standard InChI is InChI=1S/C32H35N5O4/c1-4-21-19(17-36-32(39)30-22-12-8-7-10-20(22)16-35-30)11-9-13-25(21)37-29-23-14-27(40-5-2)28(41-6-3)15-26(23)34-18-24(29)31(33)38/h7-15,18,30,35H,4-6,16-17H2,1-3H3,(H2,33,38)(H,34,37)(H,36,39). The number of primary amides is 1. The van der Waals surface area contributed by atoms with Crippen LogP contribution in [-0.4, -0.2) is 30.0 Å². The molecule has 9 heteroatoms. The van der Waals surface area contributed by atoms with Gasteiger partial charge in [-0.05, 0) is 54.7 Å². The van der Waals surface area contributed by atoms with Gasteiger partial charge in [0.25, 0.3) is 5.91 Å². The molecule has 2 amide bonds. The zero-order chi connectivity index (χ0) is 28.9. The topological polar surface area (TPSA) is 128 Å². The number of pyridine rings is 1. The van der Waals surface area contributed by atoms with Crippen molar-refractivity contribution >= 4 is 34.1 Å². The van der Waals surface area contributed by atoms with E-state index >= 15 is 0 Å². The number of nitrogens with zero attached hydrogens (tertiary/aromatic N) is 1. The molecule has 0 saturated heterocycles. The monoisotopic (exact) mass is 553 g/mol. The van der Waals surface area contributed by atoms with Gasteiger partial charge in [-0.2, -0.15) is 0 Å². The third-order valence-corrected chi connectivity index (χ3v) is 7.26. The molecule has 5 rings (SSSR count). The van der Waals surface area contributed by atoms with Gasteiger partial charge in [-0.15, -0.1) is 0 Å². The van der Waals surface area contributed by atoms with Gasteiger partial charge in [0.1, 0.15) is 6.04 Å². The first-order chi connectivity index (χ1) is 19.9. The van der Waals surface area contributed by atoms with Crippen molar-refractivity contribution in [3.8, 4) is 11.5 Å². The number of fused-ring (bicyclic) bond motifs is 2. The van der Waals surface area contributed by atoms with E-state index in [1.807, 2.05) is 68.4 Å². The molecule has 3 aromatic carbocycles. The van der Waals surface area contributed by atoms with E-state index in [9.17, 15) is 9.59 Å². The molecule has 1 unspecified atom stereocenters. The van der Waals surface area contributed by atoms with E-state index < -0.39 is 5.91 Å². The molecule has 1 atom stereocenters. The molecule has 1 aliphatic heterocycles. The zero-order valence-electron chi connectivity index (χ0n) is 23.5. The number of carbonyl (C=O) groups is 2. The number of amides is 2. The third kappa shape index (κ3) is 5.67. The highest BCUT2D eigenvalue weighted by atomic mass is 16.5. The van der Waals surface area contributed by atoms with E-state index in [2.05, 4.69) is 27.9 Å². The van der Waals surface area contributed by atoms with E-state index in [1.165, 1.54) is 6.20 Å². The lowest BCUT2D eigenvalue weighted by atomic mass is 10.0. The van der Waals surface area contributed by atoms with Crippen molar-refractivity contribution in [1.29, 1.82) is 0 Å². The van der Waals surface area contributed by atoms with E-state index in [4.69, 9.17) is 15.2 Å². The Bertz CT molecular complexity index is 1600. The third-order valence-electron chi connectivity index (χ3n) is 7.26. The average molecular weight is 554 g/mol. The van der Waals surface area contributed by atoms with Gasteiger partial charge in [0.2, 0.25) is 5.91 Å². The van der Waals surface area contributed by atoms with Crippen LogP contribution < -0.4 is 31.2 Å². The molecule has 0 aliphatic carbocycles.